The molecular weight excluding hydrogens is 232 g/mol. The summed E-state index contributed by atoms with van der Waals surface area (Å²) in [4.78, 5) is 0. The van der Waals surface area contributed by atoms with Gasteiger partial charge in [0, 0.05) is 25.0 Å². The lowest BCUT2D eigenvalue weighted by atomic mass is 10.1. The van der Waals surface area contributed by atoms with Crippen LogP contribution in [-0.2, 0) is 11.2 Å². The van der Waals surface area contributed by atoms with E-state index in [4.69, 9.17) is 19.3 Å². The molecule has 0 unspecified atom stereocenters. The molecule has 0 saturated carbocycles. The van der Waals surface area contributed by atoms with Crippen molar-refractivity contribution in [1.29, 1.82) is 0 Å². The minimum absolute atomic E-state index is 0.108. The van der Waals surface area contributed by atoms with Crippen LogP contribution < -0.4 is 9.47 Å². The molecule has 1 saturated heterocycles. The second-order valence-electron chi connectivity index (χ2n) is 4.35. The van der Waals surface area contributed by atoms with Gasteiger partial charge in [-0.3, -0.25) is 0 Å². The lowest BCUT2D eigenvalue weighted by molar-refractivity contribution is 0.0240. The lowest BCUT2D eigenvalue weighted by Crippen LogP contribution is -2.26. The molecule has 1 aliphatic heterocycles. The summed E-state index contributed by atoms with van der Waals surface area (Å²) in [5.41, 5.74) is 0.989. The Kier molecular flexibility index (Phi) is 4.84. The SMILES string of the molecule is COc1cccc(CCO)c1OC1CCOCC1. The Bertz CT molecular complexity index is 372. The summed E-state index contributed by atoms with van der Waals surface area (Å²) in [6, 6.07) is 5.77. The van der Waals surface area contributed by atoms with E-state index in [0.29, 0.717) is 6.42 Å². The molecule has 18 heavy (non-hydrogen) atoms. The van der Waals surface area contributed by atoms with Gasteiger partial charge in [-0.2, -0.15) is 0 Å². The molecule has 0 aromatic heterocycles. The van der Waals surface area contributed by atoms with Crippen LogP contribution >= 0.6 is 0 Å². The van der Waals surface area contributed by atoms with Crippen molar-refractivity contribution in [2.75, 3.05) is 26.9 Å². The molecule has 0 amide bonds. The fourth-order valence-corrected chi connectivity index (χ4v) is 2.13. The predicted molar refractivity (Wildman–Crippen MR) is 68.3 cm³/mol. The number of hydrogen-bond donors (Lipinski definition) is 1. The third kappa shape index (κ3) is 3.15. The number of methoxy groups -OCH3 is 1. The molecular formula is C14H20O4. The van der Waals surface area contributed by atoms with Gasteiger partial charge in [0.25, 0.3) is 0 Å². The standard InChI is InChI=1S/C14H20O4/c1-16-13-4-2-3-11(5-8-15)14(13)18-12-6-9-17-10-7-12/h2-4,12,15H,5-10H2,1H3. The zero-order chi connectivity index (χ0) is 12.8. The minimum Gasteiger partial charge on any atom is -0.493 e. The van der Waals surface area contributed by atoms with Crippen LogP contribution in [0.15, 0.2) is 18.2 Å². The van der Waals surface area contributed by atoms with E-state index in [1.807, 2.05) is 18.2 Å². The van der Waals surface area contributed by atoms with E-state index >= 15 is 0 Å². The number of benzene rings is 1. The summed E-state index contributed by atoms with van der Waals surface area (Å²) in [5.74, 6) is 1.49. The molecule has 2 rings (SSSR count). The highest BCUT2D eigenvalue weighted by Crippen LogP contribution is 2.33. The van der Waals surface area contributed by atoms with E-state index in [2.05, 4.69) is 0 Å². The van der Waals surface area contributed by atoms with E-state index in [1.165, 1.54) is 0 Å². The minimum atomic E-state index is 0.108. The van der Waals surface area contributed by atoms with Gasteiger partial charge in [0.1, 0.15) is 6.10 Å². The summed E-state index contributed by atoms with van der Waals surface area (Å²) >= 11 is 0. The van der Waals surface area contributed by atoms with Crippen LogP contribution in [0.3, 0.4) is 0 Å². The number of ether oxygens (including phenoxy) is 3. The molecule has 1 aliphatic rings. The van der Waals surface area contributed by atoms with Crippen molar-refractivity contribution in [3.63, 3.8) is 0 Å². The number of para-hydroxylation sites is 1. The summed E-state index contributed by atoms with van der Waals surface area (Å²) in [6.45, 7) is 1.60. The van der Waals surface area contributed by atoms with Gasteiger partial charge in [-0.1, -0.05) is 12.1 Å². The highest BCUT2D eigenvalue weighted by molar-refractivity contribution is 5.46. The Morgan fingerprint density at radius 2 is 2.11 bits per heavy atom. The number of aliphatic hydroxyl groups is 1. The molecule has 1 fully saturated rings. The maximum Gasteiger partial charge on any atom is 0.164 e. The topological polar surface area (TPSA) is 47.9 Å². The molecule has 0 aliphatic carbocycles. The smallest absolute Gasteiger partial charge is 0.164 e. The lowest BCUT2D eigenvalue weighted by Gasteiger charge is -2.25. The van der Waals surface area contributed by atoms with E-state index in [0.717, 1.165) is 43.1 Å². The molecule has 0 atom stereocenters. The van der Waals surface area contributed by atoms with Gasteiger partial charge in [-0.05, 0) is 12.5 Å². The van der Waals surface area contributed by atoms with E-state index in [-0.39, 0.29) is 12.7 Å². The Hall–Kier alpha value is -1.26. The summed E-state index contributed by atoms with van der Waals surface area (Å²) in [6.07, 6.45) is 2.55. The molecule has 4 nitrogen and oxygen atoms in total. The monoisotopic (exact) mass is 252 g/mol. The zero-order valence-corrected chi connectivity index (χ0v) is 10.7. The number of aliphatic hydroxyl groups excluding tert-OH is 1. The van der Waals surface area contributed by atoms with E-state index < -0.39 is 0 Å². The molecule has 1 aromatic carbocycles. The van der Waals surface area contributed by atoms with Crippen molar-refractivity contribution in [2.45, 2.75) is 25.4 Å². The second-order valence-corrected chi connectivity index (χ2v) is 4.35. The summed E-state index contributed by atoms with van der Waals surface area (Å²) in [5, 5.41) is 9.10. The third-order valence-electron chi connectivity index (χ3n) is 3.11. The second kappa shape index (κ2) is 6.61. The van der Waals surface area contributed by atoms with Crippen LogP contribution in [-0.4, -0.2) is 38.1 Å². The van der Waals surface area contributed by atoms with Crippen molar-refractivity contribution < 1.29 is 19.3 Å². The predicted octanol–water partition coefficient (Wildman–Crippen LogP) is 1.79. The normalized spacial score (nSPS) is 16.6. The first-order valence-corrected chi connectivity index (χ1v) is 6.36. The first kappa shape index (κ1) is 13.2. The average Bonchev–Trinajstić information content (AvgIpc) is 2.42. The Labute approximate surface area is 107 Å². The Morgan fingerprint density at radius 3 is 2.78 bits per heavy atom. The van der Waals surface area contributed by atoms with Crippen molar-refractivity contribution in [3.05, 3.63) is 23.8 Å². The van der Waals surface area contributed by atoms with Crippen LogP contribution in [0.5, 0.6) is 11.5 Å². The number of rotatable bonds is 5. The van der Waals surface area contributed by atoms with Gasteiger partial charge in [0.2, 0.25) is 0 Å². The maximum atomic E-state index is 9.10. The van der Waals surface area contributed by atoms with Crippen LogP contribution in [0, 0.1) is 0 Å². The van der Waals surface area contributed by atoms with Crippen LogP contribution in [0.1, 0.15) is 18.4 Å². The quantitative estimate of drug-likeness (QED) is 0.868. The van der Waals surface area contributed by atoms with Crippen molar-refractivity contribution >= 4 is 0 Å². The van der Waals surface area contributed by atoms with Crippen LogP contribution in [0.25, 0.3) is 0 Å². The fraction of sp³-hybridized carbons (Fsp3) is 0.571. The first-order chi connectivity index (χ1) is 8.85. The van der Waals surface area contributed by atoms with Crippen molar-refractivity contribution in [3.8, 4) is 11.5 Å². The van der Waals surface area contributed by atoms with E-state index in [1.54, 1.807) is 7.11 Å². The van der Waals surface area contributed by atoms with Gasteiger partial charge < -0.3 is 19.3 Å². The van der Waals surface area contributed by atoms with Crippen LogP contribution in [0.4, 0.5) is 0 Å². The molecule has 4 heteroatoms. The highest BCUT2D eigenvalue weighted by Gasteiger charge is 2.19. The number of hydrogen-bond acceptors (Lipinski definition) is 4. The molecule has 0 bridgehead atoms. The van der Waals surface area contributed by atoms with Gasteiger partial charge in [-0.15, -0.1) is 0 Å². The fourth-order valence-electron chi connectivity index (χ4n) is 2.13. The van der Waals surface area contributed by atoms with Gasteiger partial charge in [0.05, 0.1) is 20.3 Å². The van der Waals surface area contributed by atoms with Crippen molar-refractivity contribution in [1.82, 2.24) is 0 Å². The Balaban J connectivity index is 2.16. The van der Waals surface area contributed by atoms with E-state index in [9.17, 15) is 0 Å². The van der Waals surface area contributed by atoms with Crippen LogP contribution in [0.2, 0.25) is 0 Å². The molecule has 0 radical (unpaired) electrons. The summed E-state index contributed by atoms with van der Waals surface area (Å²) < 4.78 is 16.7. The molecule has 0 spiro atoms. The molecule has 1 N–H and O–H groups in total. The van der Waals surface area contributed by atoms with Gasteiger partial charge in [0.15, 0.2) is 11.5 Å². The highest BCUT2D eigenvalue weighted by atomic mass is 16.5. The first-order valence-electron chi connectivity index (χ1n) is 6.36. The van der Waals surface area contributed by atoms with Gasteiger partial charge in [-0.25, -0.2) is 0 Å². The molecule has 1 heterocycles. The zero-order valence-electron chi connectivity index (χ0n) is 10.7. The Morgan fingerprint density at radius 1 is 1.33 bits per heavy atom. The maximum absolute atomic E-state index is 9.10. The van der Waals surface area contributed by atoms with Gasteiger partial charge >= 0.3 is 0 Å². The molecule has 1 aromatic rings. The summed E-state index contributed by atoms with van der Waals surface area (Å²) in [7, 11) is 1.63. The largest absolute Gasteiger partial charge is 0.493 e. The average molecular weight is 252 g/mol. The van der Waals surface area contributed by atoms with Crippen molar-refractivity contribution in [2.24, 2.45) is 0 Å². The third-order valence-corrected chi connectivity index (χ3v) is 3.11. The molecule has 100 valence electrons.